The summed E-state index contributed by atoms with van der Waals surface area (Å²) in [6.45, 7) is 3.92. The van der Waals surface area contributed by atoms with Crippen molar-refractivity contribution in [1.82, 2.24) is 10.2 Å². The number of benzene rings is 1. The van der Waals surface area contributed by atoms with Crippen molar-refractivity contribution in [1.29, 1.82) is 0 Å². The van der Waals surface area contributed by atoms with Gasteiger partial charge in [-0.1, -0.05) is 30.3 Å². The van der Waals surface area contributed by atoms with Gasteiger partial charge >= 0.3 is 0 Å². The van der Waals surface area contributed by atoms with E-state index in [1.807, 2.05) is 4.90 Å². The molecule has 2 heterocycles. The van der Waals surface area contributed by atoms with Gasteiger partial charge in [-0.15, -0.1) is 12.4 Å². The van der Waals surface area contributed by atoms with E-state index in [1.165, 1.54) is 5.56 Å². The minimum Gasteiger partial charge on any atom is -0.377 e. The van der Waals surface area contributed by atoms with Gasteiger partial charge in [0.25, 0.3) is 0 Å². The number of halogens is 1. The van der Waals surface area contributed by atoms with Crippen LogP contribution in [-0.4, -0.2) is 49.7 Å². The van der Waals surface area contributed by atoms with E-state index in [1.54, 1.807) is 0 Å². The largest absolute Gasteiger partial charge is 0.377 e. The maximum Gasteiger partial charge on any atom is 0.236 e. The van der Waals surface area contributed by atoms with Crippen molar-refractivity contribution in [2.45, 2.75) is 38.2 Å². The van der Waals surface area contributed by atoms with Gasteiger partial charge in [-0.3, -0.25) is 4.79 Å². The molecular formula is C19H29ClN2O2. The van der Waals surface area contributed by atoms with Crippen LogP contribution in [0.1, 0.15) is 31.2 Å². The van der Waals surface area contributed by atoms with Gasteiger partial charge in [0.15, 0.2) is 0 Å². The second-order valence-electron chi connectivity index (χ2n) is 6.78. The minimum atomic E-state index is 0. The molecule has 0 aliphatic carbocycles. The number of carbonyl (C=O) groups is 1. The van der Waals surface area contributed by atoms with Crippen molar-refractivity contribution in [2.24, 2.45) is 5.92 Å². The molecule has 0 aromatic heterocycles. The van der Waals surface area contributed by atoms with Crippen LogP contribution in [0.25, 0.3) is 0 Å². The monoisotopic (exact) mass is 352 g/mol. The summed E-state index contributed by atoms with van der Waals surface area (Å²) in [6, 6.07) is 10.7. The molecule has 134 valence electrons. The lowest BCUT2D eigenvalue weighted by Gasteiger charge is -2.32. The number of rotatable bonds is 6. The zero-order valence-electron chi connectivity index (χ0n) is 14.3. The van der Waals surface area contributed by atoms with E-state index in [2.05, 4.69) is 35.6 Å². The van der Waals surface area contributed by atoms with Gasteiger partial charge in [0.2, 0.25) is 5.91 Å². The molecule has 1 amide bonds. The van der Waals surface area contributed by atoms with Gasteiger partial charge in [-0.2, -0.15) is 0 Å². The zero-order chi connectivity index (χ0) is 15.9. The Kier molecular flexibility index (Phi) is 8.03. The number of nitrogens with one attached hydrogen (secondary N) is 1. The third kappa shape index (κ3) is 5.76. The van der Waals surface area contributed by atoms with E-state index in [0.717, 1.165) is 58.3 Å². The van der Waals surface area contributed by atoms with Gasteiger partial charge in [-0.25, -0.2) is 0 Å². The van der Waals surface area contributed by atoms with Gasteiger partial charge in [-0.05, 0) is 43.6 Å². The Labute approximate surface area is 151 Å². The molecule has 3 rings (SSSR count). The first-order valence-corrected chi connectivity index (χ1v) is 8.95. The van der Waals surface area contributed by atoms with Crippen molar-refractivity contribution in [3.05, 3.63) is 35.9 Å². The predicted molar refractivity (Wildman–Crippen MR) is 98.5 cm³/mol. The summed E-state index contributed by atoms with van der Waals surface area (Å²) in [5.74, 6) is 0.947. The van der Waals surface area contributed by atoms with Crippen LogP contribution in [0.5, 0.6) is 0 Å². The number of ether oxygens (including phenoxy) is 1. The van der Waals surface area contributed by atoms with Gasteiger partial charge in [0.05, 0.1) is 12.6 Å². The van der Waals surface area contributed by atoms with Crippen molar-refractivity contribution in [2.75, 3.05) is 32.8 Å². The maximum absolute atomic E-state index is 12.3. The summed E-state index contributed by atoms with van der Waals surface area (Å²) in [7, 11) is 0. The summed E-state index contributed by atoms with van der Waals surface area (Å²) in [5.41, 5.74) is 1.41. The standard InChI is InChI=1S/C19H28N2O2.ClH/c22-19(15-20-14-18-7-4-12-23-18)21-10-8-17(9-11-21)13-16-5-2-1-3-6-16;/h1-3,5-6,17-18,20H,4,7-15H2;1H. The fraction of sp³-hybridized carbons (Fsp3) is 0.632. The molecule has 24 heavy (non-hydrogen) atoms. The summed E-state index contributed by atoms with van der Waals surface area (Å²) >= 11 is 0. The topological polar surface area (TPSA) is 41.6 Å². The molecule has 1 aromatic rings. The molecule has 4 nitrogen and oxygen atoms in total. The molecular weight excluding hydrogens is 324 g/mol. The quantitative estimate of drug-likeness (QED) is 0.855. The number of piperidine rings is 1. The second-order valence-corrected chi connectivity index (χ2v) is 6.78. The molecule has 2 fully saturated rings. The number of hydrogen-bond acceptors (Lipinski definition) is 3. The molecule has 2 aliphatic rings. The Morgan fingerprint density at radius 1 is 1.17 bits per heavy atom. The van der Waals surface area contributed by atoms with E-state index in [0.29, 0.717) is 18.6 Å². The van der Waals surface area contributed by atoms with E-state index in [9.17, 15) is 4.79 Å². The van der Waals surface area contributed by atoms with Crippen LogP contribution in [0.15, 0.2) is 30.3 Å². The van der Waals surface area contributed by atoms with Crippen molar-refractivity contribution in [3.8, 4) is 0 Å². The number of nitrogens with zero attached hydrogens (tertiary/aromatic N) is 1. The van der Waals surface area contributed by atoms with Crippen LogP contribution >= 0.6 is 12.4 Å². The Morgan fingerprint density at radius 3 is 2.58 bits per heavy atom. The Balaban J connectivity index is 0.00000208. The molecule has 5 heteroatoms. The van der Waals surface area contributed by atoms with Gasteiger partial charge in [0, 0.05) is 26.2 Å². The SMILES string of the molecule is Cl.O=C(CNCC1CCCO1)N1CCC(Cc2ccccc2)CC1. The highest BCUT2D eigenvalue weighted by molar-refractivity contribution is 5.85. The summed E-state index contributed by atoms with van der Waals surface area (Å²) < 4.78 is 5.56. The van der Waals surface area contributed by atoms with Crippen molar-refractivity contribution < 1.29 is 9.53 Å². The molecule has 1 atom stereocenters. The van der Waals surface area contributed by atoms with Crippen LogP contribution in [0.2, 0.25) is 0 Å². The van der Waals surface area contributed by atoms with Crippen molar-refractivity contribution in [3.63, 3.8) is 0 Å². The zero-order valence-corrected chi connectivity index (χ0v) is 15.1. The molecule has 1 N–H and O–H groups in total. The lowest BCUT2D eigenvalue weighted by molar-refractivity contribution is -0.131. The van der Waals surface area contributed by atoms with Crippen LogP contribution in [0, 0.1) is 5.92 Å². The Morgan fingerprint density at radius 2 is 1.92 bits per heavy atom. The van der Waals surface area contributed by atoms with Crippen LogP contribution in [-0.2, 0) is 16.0 Å². The molecule has 0 radical (unpaired) electrons. The molecule has 1 aromatic carbocycles. The van der Waals surface area contributed by atoms with E-state index in [4.69, 9.17) is 4.74 Å². The fourth-order valence-corrected chi connectivity index (χ4v) is 3.59. The van der Waals surface area contributed by atoms with E-state index in [-0.39, 0.29) is 18.3 Å². The summed E-state index contributed by atoms with van der Waals surface area (Å²) in [4.78, 5) is 14.3. The fourth-order valence-electron chi connectivity index (χ4n) is 3.59. The summed E-state index contributed by atoms with van der Waals surface area (Å²) in [6.07, 6.45) is 5.94. The van der Waals surface area contributed by atoms with Crippen molar-refractivity contribution >= 4 is 18.3 Å². The van der Waals surface area contributed by atoms with Gasteiger partial charge < -0.3 is 15.0 Å². The lowest BCUT2D eigenvalue weighted by Crippen LogP contribution is -2.44. The number of hydrogen-bond donors (Lipinski definition) is 1. The Hall–Kier alpha value is -1.10. The normalized spacial score (nSPS) is 21.5. The predicted octanol–water partition coefficient (Wildman–Crippen LogP) is 2.66. The molecule has 0 saturated carbocycles. The Bertz CT molecular complexity index is 483. The first-order chi connectivity index (χ1) is 11.3. The highest BCUT2D eigenvalue weighted by atomic mass is 35.5. The van der Waals surface area contributed by atoms with Crippen LogP contribution in [0.3, 0.4) is 0 Å². The molecule has 0 bridgehead atoms. The van der Waals surface area contributed by atoms with Crippen LogP contribution < -0.4 is 5.32 Å². The number of amides is 1. The molecule has 2 aliphatic heterocycles. The summed E-state index contributed by atoms with van der Waals surface area (Å²) in [5, 5.41) is 3.26. The highest BCUT2D eigenvalue weighted by Gasteiger charge is 2.23. The maximum atomic E-state index is 12.3. The smallest absolute Gasteiger partial charge is 0.236 e. The average Bonchev–Trinajstić information content (AvgIpc) is 3.10. The third-order valence-corrected chi connectivity index (χ3v) is 5.01. The number of likely N-dealkylation sites (tertiary alicyclic amines) is 1. The number of carbonyl (C=O) groups excluding carboxylic acids is 1. The van der Waals surface area contributed by atoms with E-state index >= 15 is 0 Å². The average molecular weight is 353 g/mol. The van der Waals surface area contributed by atoms with Crippen LogP contribution in [0.4, 0.5) is 0 Å². The highest BCUT2D eigenvalue weighted by Crippen LogP contribution is 2.21. The van der Waals surface area contributed by atoms with Gasteiger partial charge in [0.1, 0.15) is 0 Å². The first kappa shape index (κ1) is 19.2. The lowest BCUT2D eigenvalue weighted by atomic mass is 9.90. The first-order valence-electron chi connectivity index (χ1n) is 8.95. The second kappa shape index (κ2) is 10.0. The van der Waals surface area contributed by atoms with E-state index < -0.39 is 0 Å². The molecule has 0 spiro atoms. The third-order valence-electron chi connectivity index (χ3n) is 5.01. The molecule has 2 saturated heterocycles. The molecule has 1 unspecified atom stereocenters. The minimum absolute atomic E-state index is 0.